The molecule has 1 aliphatic rings. The van der Waals surface area contributed by atoms with Gasteiger partial charge in [0.05, 0.1) is 24.8 Å². The van der Waals surface area contributed by atoms with Gasteiger partial charge < -0.3 is 20.7 Å². The Bertz CT molecular complexity index is 1490. The molecule has 0 radical (unpaired) electrons. The fourth-order valence-electron chi connectivity index (χ4n) is 4.97. The molecule has 236 valence electrons. The molecule has 0 saturated carbocycles. The molecule has 11 nitrogen and oxygen atoms in total. The molecule has 1 saturated heterocycles. The van der Waals surface area contributed by atoms with E-state index in [0.717, 1.165) is 24.5 Å². The maximum absolute atomic E-state index is 15.3. The summed E-state index contributed by atoms with van der Waals surface area (Å²) in [4.78, 5) is 44.2. The molecular weight excluding hydrogens is 572 g/mol. The first-order valence-corrected chi connectivity index (χ1v) is 14.6. The van der Waals surface area contributed by atoms with Crippen molar-refractivity contribution < 1.29 is 27.9 Å². The van der Waals surface area contributed by atoms with Gasteiger partial charge in [0.1, 0.15) is 22.9 Å². The Labute approximate surface area is 255 Å². The number of ketones is 1. The Morgan fingerprint density at radius 2 is 1.93 bits per heavy atom. The predicted molar refractivity (Wildman–Crippen MR) is 161 cm³/mol. The number of benzene rings is 1. The van der Waals surface area contributed by atoms with E-state index in [2.05, 4.69) is 26.0 Å². The smallest absolute Gasteiger partial charge is 0.408 e. The minimum atomic E-state index is -0.676. The second kappa shape index (κ2) is 14.4. The van der Waals surface area contributed by atoms with Gasteiger partial charge in [0, 0.05) is 37.9 Å². The van der Waals surface area contributed by atoms with E-state index in [0.29, 0.717) is 25.1 Å². The highest BCUT2D eigenvalue weighted by Gasteiger charge is 2.28. The van der Waals surface area contributed by atoms with Gasteiger partial charge in [-0.25, -0.2) is 18.6 Å². The van der Waals surface area contributed by atoms with E-state index in [-0.39, 0.29) is 54.4 Å². The number of nitrogens with one attached hydrogen (secondary N) is 3. The van der Waals surface area contributed by atoms with Gasteiger partial charge >= 0.3 is 6.09 Å². The molecule has 2 aromatic heterocycles. The third kappa shape index (κ3) is 9.30. The number of nitrogens with zero attached hydrogens (tertiary/aromatic N) is 4. The minimum absolute atomic E-state index is 0.0246. The maximum Gasteiger partial charge on any atom is 0.408 e. The predicted octanol–water partition coefficient (Wildman–Crippen LogP) is 3.70. The summed E-state index contributed by atoms with van der Waals surface area (Å²) < 4.78 is 35.6. The number of aryl methyl sites for hydroxylation is 1. The summed E-state index contributed by atoms with van der Waals surface area (Å²) in [5.74, 6) is -1.54. The van der Waals surface area contributed by atoms with Gasteiger partial charge in [0.15, 0.2) is 11.6 Å². The van der Waals surface area contributed by atoms with Crippen LogP contribution in [0.5, 0.6) is 0 Å². The first kappa shape index (κ1) is 32.5. The Kier molecular flexibility index (Phi) is 10.6. The van der Waals surface area contributed by atoms with E-state index in [1.807, 2.05) is 4.90 Å². The zero-order chi connectivity index (χ0) is 31.9. The third-order valence-electron chi connectivity index (χ3n) is 7.00. The molecule has 1 aliphatic heterocycles. The van der Waals surface area contributed by atoms with Crippen molar-refractivity contribution in [3.8, 4) is 11.3 Å². The standard InChI is InChI=1S/C31H39F2N7O4/c1-31(2,3)44-30(43)36-17-24(41)19-40-12-6-9-23(40)16-35-29(42)25-14-26(33)27(21-15-37-39(4)18-21)38-28(25)34-11-10-20-7-5-8-22(32)13-20/h5,7-8,13-15,18,23H,6,9-12,16-17,19H2,1-4H3,(H,34,38)(H,35,42)(H,36,43)/t23-/m1/s1. The highest BCUT2D eigenvalue weighted by atomic mass is 19.1. The Balaban J connectivity index is 1.40. The first-order valence-electron chi connectivity index (χ1n) is 14.6. The second-order valence-corrected chi connectivity index (χ2v) is 11.8. The lowest BCUT2D eigenvalue weighted by Crippen LogP contribution is -2.44. The number of aromatic nitrogens is 3. The molecule has 1 aromatic carbocycles. The van der Waals surface area contributed by atoms with Gasteiger partial charge in [-0.15, -0.1) is 0 Å². The molecule has 0 unspecified atom stereocenters. The normalized spacial score (nSPS) is 15.2. The van der Waals surface area contributed by atoms with Crippen LogP contribution in [0.1, 0.15) is 49.5 Å². The van der Waals surface area contributed by atoms with Crippen molar-refractivity contribution in [1.82, 2.24) is 30.3 Å². The molecular formula is C31H39F2N7O4. The van der Waals surface area contributed by atoms with Crippen LogP contribution in [0.15, 0.2) is 42.7 Å². The van der Waals surface area contributed by atoms with Gasteiger partial charge in [0.2, 0.25) is 0 Å². The van der Waals surface area contributed by atoms with Crippen molar-refractivity contribution in [1.29, 1.82) is 0 Å². The van der Waals surface area contributed by atoms with Gasteiger partial charge in [0.25, 0.3) is 5.91 Å². The number of hydrogen-bond donors (Lipinski definition) is 3. The number of ether oxygens (including phenoxy) is 1. The number of rotatable bonds is 12. The van der Waals surface area contributed by atoms with Crippen molar-refractivity contribution >= 4 is 23.6 Å². The van der Waals surface area contributed by atoms with E-state index in [4.69, 9.17) is 4.74 Å². The molecule has 1 fully saturated rings. The van der Waals surface area contributed by atoms with Crippen molar-refractivity contribution in [2.45, 2.75) is 51.7 Å². The van der Waals surface area contributed by atoms with E-state index < -0.39 is 23.4 Å². The Morgan fingerprint density at radius 1 is 1.14 bits per heavy atom. The zero-order valence-electron chi connectivity index (χ0n) is 25.5. The summed E-state index contributed by atoms with van der Waals surface area (Å²) in [6.07, 6.45) is 4.51. The van der Waals surface area contributed by atoms with E-state index in [1.54, 1.807) is 46.1 Å². The molecule has 3 heterocycles. The van der Waals surface area contributed by atoms with E-state index in [9.17, 15) is 18.8 Å². The SMILES string of the molecule is Cn1cc(-c2nc(NCCc3cccc(F)c3)c(C(=O)NC[C@H]3CCCN3CC(=O)CNC(=O)OC(C)(C)C)cc2F)cn1. The van der Waals surface area contributed by atoms with Crippen LogP contribution in [-0.2, 0) is 23.0 Å². The number of Topliss-reactive ketones (excluding diaryl/α,β-unsaturated/α-hetero) is 1. The van der Waals surface area contributed by atoms with Crippen molar-refractivity contribution in [3.63, 3.8) is 0 Å². The quantitative estimate of drug-likeness (QED) is 0.283. The largest absolute Gasteiger partial charge is 0.444 e. The Hall–Kier alpha value is -4.39. The summed E-state index contributed by atoms with van der Waals surface area (Å²) in [6.45, 7) is 6.39. The summed E-state index contributed by atoms with van der Waals surface area (Å²) in [5.41, 5.74) is 0.618. The van der Waals surface area contributed by atoms with Crippen molar-refractivity contribution in [2.24, 2.45) is 7.05 Å². The van der Waals surface area contributed by atoms with Crippen LogP contribution < -0.4 is 16.0 Å². The molecule has 3 N–H and O–H groups in total. The van der Waals surface area contributed by atoms with E-state index in [1.165, 1.54) is 23.0 Å². The number of carbonyl (C=O) groups excluding carboxylic acids is 3. The molecule has 0 bridgehead atoms. The average Bonchev–Trinajstić information content (AvgIpc) is 3.58. The summed E-state index contributed by atoms with van der Waals surface area (Å²) in [7, 11) is 1.71. The fourth-order valence-corrected chi connectivity index (χ4v) is 4.97. The molecule has 0 spiro atoms. The Morgan fingerprint density at radius 3 is 2.64 bits per heavy atom. The van der Waals surface area contributed by atoms with Crippen LogP contribution in [-0.4, -0.2) is 81.8 Å². The number of anilines is 1. The van der Waals surface area contributed by atoms with Gasteiger partial charge in [-0.2, -0.15) is 5.10 Å². The summed E-state index contributed by atoms with van der Waals surface area (Å²) in [6, 6.07) is 7.25. The van der Waals surface area contributed by atoms with Crippen LogP contribution in [0.2, 0.25) is 0 Å². The van der Waals surface area contributed by atoms with Crippen LogP contribution in [0.4, 0.5) is 19.4 Å². The lowest BCUT2D eigenvalue weighted by atomic mass is 10.1. The highest BCUT2D eigenvalue weighted by molar-refractivity contribution is 5.99. The summed E-state index contributed by atoms with van der Waals surface area (Å²) in [5, 5.41) is 12.6. The molecule has 4 rings (SSSR count). The number of halogens is 2. The highest BCUT2D eigenvalue weighted by Crippen LogP contribution is 2.26. The van der Waals surface area contributed by atoms with Crippen LogP contribution >= 0.6 is 0 Å². The average molecular weight is 612 g/mol. The number of carbonyl (C=O) groups is 3. The molecule has 1 atom stereocenters. The second-order valence-electron chi connectivity index (χ2n) is 11.8. The van der Waals surface area contributed by atoms with Gasteiger partial charge in [-0.3, -0.25) is 19.2 Å². The number of pyridine rings is 1. The molecule has 0 aliphatic carbocycles. The monoisotopic (exact) mass is 611 g/mol. The molecule has 13 heteroatoms. The van der Waals surface area contributed by atoms with Gasteiger partial charge in [-0.05, 0) is 70.3 Å². The fraction of sp³-hybridized carbons (Fsp3) is 0.452. The third-order valence-corrected chi connectivity index (χ3v) is 7.00. The number of alkyl carbamates (subject to hydrolysis) is 1. The number of amides is 2. The minimum Gasteiger partial charge on any atom is -0.444 e. The van der Waals surface area contributed by atoms with Crippen LogP contribution in [0.3, 0.4) is 0 Å². The van der Waals surface area contributed by atoms with Crippen molar-refractivity contribution in [3.05, 3.63) is 65.5 Å². The zero-order valence-corrected chi connectivity index (χ0v) is 25.5. The van der Waals surface area contributed by atoms with Crippen LogP contribution in [0.25, 0.3) is 11.3 Å². The topological polar surface area (TPSA) is 130 Å². The molecule has 44 heavy (non-hydrogen) atoms. The van der Waals surface area contributed by atoms with Gasteiger partial charge in [-0.1, -0.05) is 12.1 Å². The summed E-state index contributed by atoms with van der Waals surface area (Å²) >= 11 is 0. The number of hydrogen-bond acceptors (Lipinski definition) is 8. The maximum atomic E-state index is 15.3. The molecule has 3 aromatic rings. The number of likely N-dealkylation sites (tertiary alicyclic amines) is 1. The lowest BCUT2D eigenvalue weighted by Gasteiger charge is -2.24. The molecule has 2 amide bonds. The first-order chi connectivity index (χ1) is 20.9. The van der Waals surface area contributed by atoms with Crippen LogP contribution in [0, 0.1) is 11.6 Å². The van der Waals surface area contributed by atoms with E-state index >= 15 is 4.39 Å². The lowest BCUT2D eigenvalue weighted by molar-refractivity contribution is -0.119. The van der Waals surface area contributed by atoms with Crippen molar-refractivity contribution in [2.75, 3.05) is 38.0 Å².